The monoisotopic (exact) mass is 571 g/mol. The van der Waals surface area contributed by atoms with E-state index in [4.69, 9.17) is 0 Å². The quantitative estimate of drug-likeness (QED) is 0.245. The van der Waals surface area contributed by atoms with E-state index in [0.717, 1.165) is 30.5 Å². The molecule has 41 heavy (non-hydrogen) atoms. The number of benzene rings is 2. The maximum Gasteiger partial charge on any atom is 0.416 e. The van der Waals surface area contributed by atoms with Gasteiger partial charge in [-0.15, -0.1) is 0 Å². The van der Waals surface area contributed by atoms with Crippen molar-refractivity contribution in [1.82, 2.24) is 15.5 Å². The predicted molar refractivity (Wildman–Crippen MR) is 156 cm³/mol. The molecule has 0 aromatic heterocycles. The molecule has 0 aliphatic carbocycles. The highest BCUT2D eigenvalue weighted by molar-refractivity contribution is 6.01. The second kappa shape index (κ2) is 16.5. The number of hydrogen-bond donors (Lipinski definition) is 2. The Morgan fingerprint density at radius 3 is 2.27 bits per heavy atom. The van der Waals surface area contributed by atoms with Gasteiger partial charge in [0.25, 0.3) is 11.8 Å². The topological polar surface area (TPSA) is 78.5 Å². The van der Waals surface area contributed by atoms with Gasteiger partial charge in [0, 0.05) is 30.8 Å². The van der Waals surface area contributed by atoms with Crippen LogP contribution in [0.1, 0.15) is 78.8 Å². The van der Waals surface area contributed by atoms with Gasteiger partial charge in [0.2, 0.25) is 0 Å². The summed E-state index contributed by atoms with van der Waals surface area (Å²) in [6, 6.07) is 10.5. The third-order valence-electron chi connectivity index (χ3n) is 6.32. The number of rotatable bonds is 15. The zero-order chi connectivity index (χ0) is 30.4. The van der Waals surface area contributed by atoms with Gasteiger partial charge < -0.3 is 15.5 Å². The van der Waals surface area contributed by atoms with Crippen LogP contribution in [-0.2, 0) is 17.5 Å². The molecule has 222 valence electrons. The van der Waals surface area contributed by atoms with Crippen LogP contribution in [0.25, 0.3) is 0 Å². The molecule has 2 rings (SSSR count). The van der Waals surface area contributed by atoms with Gasteiger partial charge in [-0.25, -0.2) is 0 Å². The molecule has 0 radical (unpaired) electrons. The fourth-order valence-corrected chi connectivity index (χ4v) is 4.28. The Kier molecular flexibility index (Phi) is 13.5. The van der Waals surface area contributed by atoms with Crippen molar-refractivity contribution in [2.45, 2.75) is 65.7 Å². The molecule has 0 unspecified atom stereocenters. The van der Waals surface area contributed by atoms with Crippen LogP contribution in [-0.4, -0.2) is 48.2 Å². The molecular formula is C32H40F3N3O3. The maximum atomic E-state index is 13.2. The second-order valence-corrected chi connectivity index (χ2v) is 9.91. The smallest absolute Gasteiger partial charge is 0.342 e. The van der Waals surface area contributed by atoms with Gasteiger partial charge in [-0.1, -0.05) is 61.9 Å². The minimum absolute atomic E-state index is 0.0555. The van der Waals surface area contributed by atoms with Crippen LogP contribution in [0.4, 0.5) is 13.2 Å². The van der Waals surface area contributed by atoms with E-state index < -0.39 is 23.7 Å². The standard InChI is InChI=1S/C32H40F3N3O3/c1-5-8-11-23(4)18-28(29(39)22-36-21-24-12-9-15-27(19-24)32(33,34)35)37-30(40)25-13-10-14-26(20-25)31(41)38(16-6-2)17-7-3/h5,8-15,19-20,28,36H,6-7,16-18,21-22H2,1-4H3,(H,37,40)/b8-5-,23-11+/t28-/m0/s1. The van der Waals surface area contributed by atoms with E-state index in [1.54, 1.807) is 29.2 Å². The number of hydrogen-bond acceptors (Lipinski definition) is 4. The number of alkyl halides is 3. The van der Waals surface area contributed by atoms with Crippen molar-refractivity contribution >= 4 is 17.6 Å². The average Bonchev–Trinajstić information content (AvgIpc) is 2.95. The summed E-state index contributed by atoms with van der Waals surface area (Å²) in [5, 5.41) is 5.70. The van der Waals surface area contributed by atoms with E-state index in [2.05, 4.69) is 10.6 Å². The van der Waals surface area contributed by atoms with Gasteiger partial charge in [0.05, 0.1) is 18.2 Å². The van der Waals surface area contributed by atoms with E-state index in [1.165, 1.54) is 12.1 Å². The minimum Gasteiger partial charge on any atom is -0.342 e. The number of allylic oxidation sites excluding steroid dienone is 3. The summed E-state index contributed by atoms with van der Waals surface area (Å²) in [4.78, 5) is 41.2. The van der Waals surface area contributed by atoms with E-state index >= 15 is 0 Å². The summed E-state index contributed by atoms with van der Waals surface area (Å²) in [7, 11) is 0. The highest BCUT2D eigenvalue weighted by atomic mass is 19.4. The zero-order valence-electron chi connectivity index (χ0n) is 24.2. The molecule has 2 amide bonds. The number of carbonyl (C=O) groups excluding carboxylic acids is 3. The van der Waals surface area contributed by atoms with E-state index in [0.29, 0.717) is 24.2 Å². The molecule has 0 aliphatic heterocycles. The number of Topliss-reactive ketones (excluding diaryl/α,β-unsaturated/α-hetero) is 1. The van der Waals surface area contributed by atoms with Crippen molar-refractivity contribution in [3.63, 3.8) is 0 Å². The van der Waals surface area contributed by atoms with Crippen molar-refractivity contribution in [3.05, 3.63) is 94.6 Å². The van der Waals surface area contributed by atoms with Crippen LogP contribution in [0.3, 0.4) is 0 Å². The number of amides is 2. The largest absolute Gasteiger partial charge is 0.416 e. The van der Waals surface area contributed by atoms with Crippen LogP contribution in [0.15, 0.2) is 72.3 Å². The third-order valence-corrected chi connectivity index (χ3v) is 6.32. The SMILES string of the molecule is C/C=C\C=C(/C)C[C@H](NC(=O)c1cccc(C(=O)N(CCC)CCC)c1)C(=O)CNCc1cccc(C(F)(F)F)c1. The van der Waals surface area contributed by atoms with Crippen LogP contribution >= 0.6 is 0 Å². The summed E-state index contributed by atoms with van der Waals surface area (Å²) in [5.74, 6) is -0.963. The molecule has 6 nitrogen and oxygen atoms in total. The van der Waals surface area contributed by atoms with Crippen molar-refractivity contribution in [2.24, 2.45) is 0 Å². The first-order chi connectivity index (χ1) is 19.5. The number of ketones is 1. The fourth-order valence-electron chi connectivity index (χ4n) is 4.28. The van der Waals surface area contributed by atoms with Crippen molar-refractivity contribution in [2.75, 3.05) is 19.6 Å². The summed E-state index contributed by atoms with van der Waals surface area (Å²) in [5.41, 5.74) is 1.14. The molecule has 0 aliphatic rings. The summed E-state index contributed by atoms with van der Waals surface area (Å²) < 4.78 is 39.1. The molecule has 0 spiro atoms. The highest BCUT2D eigenvalue weighted by Crippen LogP contribution is 2.29. The summed E-state index contributed by atoms with van der Waals surface area (Å²) in [6.45, 7) is 8.84. The van der Waals surface area contributed by atoms with Crippen molar-refractivity contribution in [3.8, 4) is 0 Å². The molecule has 2 N–H and O–H groups in total. The molecule has 0 saturated heterocycles. The minimum atomic E-state index is -4.45. The first-order valence-electron chi connectivity index (χ1n) is 13.9. The first kappa shape index (κ1) is 33.5. The van der Waals surface area contributed by atoms with Gasteiger partial charge in [0.15, 0.2) is 5.78 Å². The Bertz CT molecular complexity index is 1230. The molecule has 0 fully saturated rings. The highest BCUT2D eigenvalue weighted by Gasteiger charge is 2.30. The molecule has 2 aromatic carbocycles. The van der Waals surface area contributed by atoms with E-state index in [-0.39, 0.29) is 36.8 Å². The molecule has 0 bridgehead atoms. The van der Waals surface area contributed by atoms with Crippen LogP contribution in [0.5, 0.6) is 0 Å². The second-order valence-electron chi connectivity index (χ2n) is 9.91. The maximum absolute atomic E-state index is 13.2. The van der Waals surface area contributed by atoms with E-state index in [1.807, 2.05) is 45.9 Å². The van der Waals surface area contributed by atoms with Crippen molar-refractivity contribution < 1.29 is 27.6 Å². The van der Waals surface area contributed by atoms with E-state index in [9.17, 15) is 27.6 Å². The first-order valence-corrected chi connectivity index (χ1v) is 13.9. The van der Waals surface area contributed by atoms with Crippen LogP contribution < -0.4 is 10.6 Å². The van der Waals surface area contributed by atoms with Crippen LogP contribution in [0.2, 0.25) is 0 Å². The number of nitrogens with zero attached hydrogens (tertiary/aromatic N) is 1. The predicted octanol–water partition coefficient (Wildman–Crippen LogP) is 6.34. The molecular weight excluding hydrogens is 531 g/mol. The number of carbonyl (C=O) groups is 3. The Hall–Kier alpha value is -3.72. The van der Waals surface area contributed by atoms with Gasteiger partial charge in [0.1, 0.15) is 0 Å². The molecule has 0 heterocycles. The van der Waals surface area contributed by atoms with Crippen molar-refractivity contribution in [1.29, 1.82) is 0 Å². The average molecular weight is 572 g/mol. The molecule has 9 heteroatoms. The lowest BCUT2D eigenvalue weighted by Crippen LogP contribution is -2.44. The molecule has 2 aromatic rings. The van der Waals surface area contributed by atoms with Gasteiger partial charge in [-0.05, 0) is 62.9 Å². The number of nitrogens with one attached hydrogen (secondary N) is 2. The number of halogens is 3. The lowest BCUT2D eigenvalue weighted by Gasteiger charge is -2.22. The summed E-state index contributed by atoms with van der Waals surface area (Å²) in [6.07, 6.45) is 2.95. The lowest BCUT2D eigenvalue weighted by molar-refractivity contribution is -0.137. The Morgan fingerprint density at radius 1 is 0.976 bits per heavy atom. The molecule has 1 atom stereocenters. The van der Waals surface area contributed by atoms with Gasteiger partial charge in [-0.2, -0.15) is 13.2 Å². The fraction of sp³-hybridized carbons (Fsp3) is 0.406. The zero-order valence-corrected chi connectivity index (χ0v) is 24.2. The van der Waals surface area contributed by atoms with Crippen LogP contribution in [0, 0.1) is 0 Å². The Morgan fingerprint density at radius 2 is 1.63 bits per heavy atom. The third kappa shape index (κ3) is 11.0. The molecule has 0 saturated carbocycles. The normalized spacial score (nSPS) is 12.8. The Balaban J connectivity index is 2.17. The van der Waals surface area contributed by atoms with Gasteiger partial charge >= 0.3 is 6.18 Å². The van der Waals surface area contributed by atoms with Gasteiger partial charge in [-0.3, -0.25) is 14.4 Å². The summed E-state index contributed by atoms with van der Waals surface area (Å²) >= 11 is 0. The lowest BCUT2D eigenvalue weighted by atomic mass is 10.0. The Labute approximate surface area is 240 Å².